The van der Waals surface area contributed by atoms with E-state index in [1.54, 1.807) is 0 Å². The molecule has 8 heteroatoms. The van der Waals surface area contributed by atoms with Gasteiger partial charge in [-0.1, -0.05) is 11.6 Å². The number of carbonyl (C=O) groups is 2. The van der Waals surface area contributed by atoms with Gasteiger partial charge in [-0.25, -0.2) is 0 Å². The summed E-state index contributed by atoms with van der Waals surface area (Å²) in [4.78, 5) is 24.9. The third-order valence-corrected chi connectivity index (χ3v) is 3.43. The van der Waals surface area contributed by atoms with Crippen LogP contribution in [-0.2, 0) is 15.8 Å². The van der Waals surface area contributed by atoms with Crippen LogP contribution in [0.1, 0.15) is 19.4 Å². The van der Waals surface area contributed by atoms with Crippen LogP contribution >= 0.6 is 11.6 Å². The zero-order chi connectivity index (χ0) is 16.0. The molecular weight excluding hydrogens is 309 g/mol. The van der Waals surface area contributed by atoms with Gasteiger partial charge in [0.25, 0.3) is 5.91 Å². The van der Waals surface area contributed by atoms with Crippen LogP contribution < -0.4 is 10.2 Å². The third kappa shape index (κ3) is 2.97. The maximum atomic E-state index is 12.9. The molecule has 4 nitrogen and oxygen atoms in total. The Labute approximate surface area is 123 Å². The number of halogens is 4. The molecule has 1 N–H and O–H groups in total. The number of nitrogens with zero attached hydrogens (tertiary/aromatic N) is 1. The number of rotatable bonds is 1. The summed E-state index contributed by atoms with van der Waals surface area (Å²) < 4.78 is 38.6. The fraction of sp³-hybridized carbons (Fsp3) is 0.385. The van der Waals surface area contributed by atoms with Crippen LogP contribution in [0.15, 0.2) is 18.2 Å². The molecule has 114 valence electrons. The molecule has 1 aromatic rings. The molecule has 1 saturated heterocycles. The summed E-state index contributed by atoms with van der Waals surface area (Å²) >= 11 is 5.54. The van der Waals surface area contributed by atoms with Gasteiger partial charge in [0, 0.05) is 5.69 Å². The molecule has 0 aliphatic carbocycles. The minimum absolute atomic E-state index is 0.0142. The van der Waals surface area contributed by atoms with Gasteiger partial charge in [0.05, 0.1) is 10.6 Å². The number of piperazine rings is 1. The van der Waals surface area contributed by atoms with Crippen LogP contribution in [0.25, 0.3) is 0 Å². The average molecular weight is 321 g/mol. The number of amides is 2. The van der Waals surface area contributed by atoms with Gasteiger partial charge < -0.3 is 10.2 Å². The SMILES string of the molecule is CC1(C)NC(=O)CN(c2ccc(Cl)c(C(F)(F)F)c2)C1=O. The Kier molecular flexibility index (Phi) is 3.65. The average Bonchev–Trinajstić information content (AvgIpc) is 2.32. The molecule has 0 aromatic heterocycles. The highest BCUT2D eigenvalue weighted by molar-refractivity contribution is 6.31. The first-order chi connectivity index (χ1) is 9.52. The number of nitrogens with one attached hydrogen (secondary N) is 1. The maximum absolute atomic E-state index is 12.9. The smallest absolute Gasteiger partial charge is 0.341 e. The van der Waals surface area contributed by atoms with E-state index in [1.165, 1.54) is 19.9 Å². The first kappa shape index (κ1) is 15.6. The first-order valence-electron chi connectivity index (χ1n) is 6.02. The number of anilines is 1. The fourth-order valence-corrected chi connectivity index (χ4v) is 2.33. The van der Waals surface area contributed by atoms with E-state index >= 15 is 0 Å². The lowest BCUT2D eigenvalue weighted by atomic mass is 9.99. The Hall–Kier alpha value is -1.76. The summed E-state index contributed by atoms with van der Waals surface area (Å²) in [6.45, 7) is 2.64. The summed E-state index contributed by atoms with van der Waals surface area (Å²) in [7, 11) is 0. The molecular formula is C13H12ClF3N2O2. The van der Waals surface area contributed by atoms with Gasteiger partial charge in [-0.15, -0.1) is 0 Å². The monoisotopic (exact) mass is 320 g/mol. The second-order valence-electron chi connectivity index (χ2n) is 5.23. The van der Waals surface area contributed by atoms with Gasteiger partial charge in [-0.05, 0) is 32.0 Å². The molecule has 0 saturated carbocycles. The van der Waals surface area contributed by atoms with Crippen molar-refractivity contribution in [2.75, 3.05) is 11.4 Å². The number of carbonyl (C=O) groups excluding carboxylic acids is 2. The lowest BCUT2D eigenvalue weighted by molar-refractivity contribution is -0.137. The Morgan fingerprint density at radius 2 is 1.90 bits per heavy atom. The van der Waals surface area contributed by atoms with Crippen LogP contribution in [0.5, 0.6) is 0 Å². The van der Waals surface area contributed by atoms with Crippen LogP contribution in [0, 0.1) is 0 Å². The van der Waals surface area contributed by atoms with Gasteiger partial charge in [0.1, 0.15) is 12.1 Å². The lowest BCUT2D eigenvalue weighted by Gasteiger charge is -2.37. The van der Waals surface area contributed by atoms with Crippen molar-refractivity contribution in [3.05, 3.63) is 28.8 Å². The second-order valence-corrected chi connectivity index (χ2v) is 5.63. The lowest BCUT2D eigenvalue weighted by Crippen LogP contribution is -2.64. The molecule has 0 radical (unpaired) electrons. The minimum Gasteiger partial charge on any atom is -0.341 e. The van der Waals surface area contributed by atoms with Crippen LogP contribution in [0.4, 0.5) is 18.9 Å². The molecule has 1 fully saturated rings. The Morgan fingerprint density at radius 3 is 2.48 bits per heavy atom. The van der Waals surface area contributed by atoms with Crippen molar-refractivity contribution in [1.82, 2.24) is 5.32 Å². The third-order valence-electron chi connectivity index (χ3n) is 3.10. The number of hydrogen-bond acceptors (Lipinski definition) is 2. The summed E-state index contributed by atoms with van der Waals surface area (Å²) in [6.07, 6.45) is -4.64. The van der Waals surface area contributed by atoms with Crippen molar-refractivity contribution in [2.24, 2.45) is 0 Å². The van der Waals surface area contributed by atoms with E-state index in [-0.39, 0.29) is 12.2 Å². The van der Waals surface area contributed by atoms with E-state index in [0.717, 1.165) is 17.0 Å². The molecule has 2 amide bonds. The zero-order valence-corrected chi connectivity index (χ0v) is 12.0. The summed E-state index contributed by atoms with van der Waals surface area (Å²) in [5.74, 6) is -0.930. The van der Waals surface area contributed by atoms with E-state index in [0.29, 0.717) is 0 Å². The maximum Gasteiger partial charge on any atom is 0.417 e. The van der Waals surface area contributed by atoms with Gasteiger partial charge >= 0.3 is 6.18 Å². The van der Waals surface area contributed by atoms with Crippen molar-refractivity contribution >= 4 is 29.1 Å². The van der Waals surface area contributed by atoms with Crippen molar-refractivity contribution in [2.45, 2.75) is 25.6 Å². The Balaban J connectivity index is 2.47. The van der Waals surface area contributed by atoms with Crippen molar-refractivity contribution in [1.29, 1.82) is 0 Å². The van der Waals surface area contributed by atoms with E-state index < -0.39 is 34.1 Å². The standard InChI is InChI=1S/C13H12ClF3N2O2/c1-12(2)11(21)19(6-10(20)18-12)7-3-4-9(14)8(5-7)13(15,16)17/h3-5H,6H2,1-2H3,(H,18,20). The summed E-state index contributed by atoms with van der Waals surface area (Å²) in [5.41, 5.74) is -2.23. The van der Waals surface area contributed by atoms with E-state index in [2.05, 4.69) is 5.32 Å². The van der Waals surface area contributed by atoms with Crippen LogP contribution in [0.3, 0.4) is 0 Å². The summed E-state index contributed by atoms with van der Waals surface area (Å²) in [6, 6.07) is 3.12. The van der Waals surface area contributed by atoms with Gasteiger partial charge in [0.15, 0.2) is 0 Å². The predicted molar refractivity (Wildman–Crippen MR) is 71.0 cm³/mol. The van der Waals surface area contributed by atoms with Crippen molar-refractivity contribution in [3.63, 3.8) is 0 Å². The van der Waals surface area contributed by atoms with Gasteiger partial charge in [0.2, 0.25) is 5.91 Å². The number of hydrogen-bond donors (Lipinski definition) is 1. The zero-order valence-electron chi connectivity index (χ0n) is 11.2. The Bertz CT molecular complexity index is 614. The molecule has 1 aromatic carbocycles. The Morgan fingerprint density at radius 1 is 1.29 bits per heavy atom. The highest BCUT2D eigenvalue weighted by Gasteiger charge is 2.41. The topological polar surface area (TPSA) is 49.4 Å². The largest absolute Gasteiger partial charge is 0.417 e. The molecule has 1 aliphatic heterocycles. The molecule has 0 atom stereocenters. The molecule has 0 bridgehead atoms. The summed E-state index contributed by atoms with van der Waals surface area (Å²) in [5, 5.41) is 2.02. The van der Waals surface area contributed by atoms with Crippen molar-refractivity contribution in [3.8, 4) is 0 Å². The van der Waals surface area contributed by atoms with E-state index in [9.17, 15) is 22.8 Å². The second kappa shape index (κ2) is 4.91. The number of benzene rings is 1. The first-order valence-corrected chi connectivity index (χ1v) is 6.40. The normalized spacial score (nSPS) is 18.7. The highest BCUT2D eigenvalue weighted by atomic mass is 35.5. The van der Waals surface area contributed by atoms with Gasteiger partial charge in [-0.2, -0.15) is 13.2 Å². The molecule has 1 heterocycles. The quantitative estimate of drug-likeness (QED) is 0.864. The molecule has 21 heavy (non-hydrogen) atoms. The molecule has 1 aliphatic rings. The molecule has 2 rings (SSSR count). The van der Waals surface area contributed by atoms with Crippen LogP contribution in [-0.4, -0.2) is 23.9 Å². The van der Waals surface area contributed by atoms with Crippen molar-refractivity contribution < 1.29 is 22.8 Å². The van der Waals surface area contributed by atoms with E-state index in [1.807, 2.05) is 0 Å². The number of alkyl halides is 3. The fourth-order valence-electron chi connectivity index (χ4n) is 2.10. The van der Waals surface area contributed by atoms with E-state index in [4.69, 9.17) is 11.6 Å². The highest BCUT2D eigenvalue weighted by Crippen LogP contribution is 2.37. The van der Waals surface area contributed by atoms with Gasteiger partial charge in [-0.3, -0.25) is 9.59 Å². The van der Waals surface area contributed by atoms with Crippen LogP contribution in [0.2, 0.25) is 5.02 Å². The molecule has 0 spiro atoms. The predicted octanol–water partition coefficient (Wildman–Crippen LogP) is 2.60. The molecule has 0 unspecified atom stereocenters. The minimum atomic E-state index is -4.64.